The molecule has 2 atom stereocenters. The van der Waals surface area contributed by atoms with Crippen LogP contribution in [0.3, 0.4) is 0 Å². The highest BCUT2D eigenvalue weighted by Gasteiger charge is 2.32. The van der Waals surface area contributed by atoms with Crippen LogP contribution in [0.15, 0.2) is 24.3 Å². The number of rotatable bonds is 18. The van der Waals surface area contributed by atoms with Gasteiger partial charge in [0.2, 0.25) is 0 Å². The zero-order valence-electron chi connectivity index (χ0n) is 35.4. The van der Waals surface area contributed by atoms with Crippen LogP contribution in [-0.2, 0) is 49.3 Å². The van der Waals surface area contributed by atoms with Crippen LogP contribution in [-0.4, -0.2) is 165 Å². The predicted molar refractivity (Wildman–Crippen MR) is 211 cm³/mol. The van der Waals surface area contributed by atoms with Crippen LogP contribution >= 0.6 is 0 Å². The van der Waals surface area contributed by atoms with Crippen LogP contribution in [0, 0.1) is 0 Å². The Morgan fingerprint density at radius 2 is 1.04 bits per heavy atom. The van der Waals surface area contributed by atoms with E-state index in [-0.39, 0.29) is 50.2 Å². The maximum absolute atomic E-state index is 13.8. The molecule has 0 amide bonds. The summed E-state index contributed by atoms with van der Waals surface area (Å²) < 4.78 is 33.7. The van der Waals surface area contributed by atoms with Gasteiger partial charge < -0.3 is 28.4 Å². The predicted octanol–water partition coefficient (Wildman–Crippen LogP) is 3.82. The van der Waals surface area contributed by atoms with Crippen LogP contribution in [0.2, 0.25) is 0 Å². The molecule has 2 rings (SSSR count). The average Bonchev–Trinajstić information content (AvgIpc) is 3.08. The van der Waals surface area contributed by atoms with E-state index in [0.717, 1.165) is 5.56 Å². The highest BCUT2D eigenvalue weighted by Crippen LogP contribution is 2.18. The molecule has 1 fully saturated rings. The fourth-order valence-electron chi connectivity index (χ4n) is 6.30. The van der Waals surface area contributed by atoms with Gasteiger partial charge in [-0.25, -0.2) is 0 Å². The van der Waals surface area contributed by atoms with Gasteiger partial charge in [0.25, 0.3) is 0 Å². The third kappa shape index (κ3) is 19.4. The second-order valence-corrected chi connectivity index (χ2v) is 15.6. The van der Waals surface area contributed by atoms with E-state index in [1.807, 2.05) is 89.5 Å². The summed E-state index contributed by atoms with van der Waals surface area (Å²) in [6.45, 7) is 24.1. The van der Waals surface area contributed by atoms with Crippen molar-refractivity contribution in [3.05, 3.63) is 29.8 Å². The Labute approximate surface area is 330 Å². The van der Waals surface area contributed by atoms with E-state index in [0.29, 0.717) is 90.8 Å². The molecule has 55 heavy (non-hydrogen) atoms. The molecule has 0 aliphatic carbocycles. The Morgan fingerprint density at radius 1 is 0.600 bits per heavy atom. The Kier molecular flexibility index (Phi) is 21.2. The van der Waals surface area contributed by atoms with Crippen molar-refractivity contribution in [3.8, 4) is 5.75 Å². The van der Waals surface area contributed by atoms with Gasteiger partial charge in [-0.3, -0.25) is 38.8 Å². The first kappa shape index (κ1) is 47.9. The maximum atomic E-state index is 13.8. The van der Waals surface area contributed by atoms with Gasteiger partial charge in [0.15, 0.2) is 0 Å². The molecule has 1 saturated heterocycles. The molecule has 0 N–H and O–H groups in total. The summed E-state index contributed by atoms with van der Waals surface area (Å²) in [6.07, 6.45) is 0.911. The molecule has 1 aliphatic heterocycles. The van der Waals surface area contributed by atoms with E-state index in [4.69, 9.17) is 28.4 Å². The normalized spacial score (nSPS) is 17.3. The molecule has 14 nitrogen and oxygen atoms in total. The number of hydrogen-bond acceptors (Lipinski definition) is 14. The van der Waals surface area contributed by atoms with Crippen molar-refractivity contribution < 1.29 is 47.6 Å². The first-order chi connectivity index (χ1) is 26.0. The summed E-state index contributed by atoms with van der Waals surface area (Å²) >= 11 is 0. The first-order valence-electron chi connectivity index (χ1n) is 20.0. The third-order valence-corrected chi connectivity index (χ3v) is 8.80. The van der Waals surface area contributed by atoms with Gasteiger partial charge in [-0.2, -0.15) is 0 Å². The minimum Gasteiger partial charge on any atom is -0.491 e. The molecule has 1 aromatic rings. The summed E-state index contributed by atoms with van der Waals surface area (Å²) in [4.78, 5) is 61.5. The van der Waals surface area contributed by atoms with E-state index in [2.05, 4.69) is 9.80 Å². The summed E-state index contributed by atoms with van der Waals surface area (Å²) in [6, 6.07) is 6.52. The Bertz CT molecular complexity index is 1250. The summed E-state index contributed by atoms with van der Waals surface area (Å²) in [5.74, 6) is -0.660. The molecule has 0 unspecified atom stereocenters. The molecule has 1 aromatic carbocycles. The quantitative estimate of drug-likeness (QED) is 0.121. The molecule has 0 aromatic heterocycles. The Morgan fingerprint density at radius 3 is 1.44 bits per heavy atom. The smallest absolute Gasteiger partial charge is 0.323 e. The molecule has 0 radical (unpaired) electrons. The van der Waals surface area contributed by atoms with E-state index in [1.54, 1.807) is 13.8 Å². The minimum absolute atomic E-state index is 0.0365. The second kappa shape index (κ2) is 24.4. The SMILES string of the molecule is CCOCCOc1ccc(C[C@@H](C(=O)OCC)N2CCN(CC(=O)OC(C)(C)C)CCN([C@H](CC)C(=O)OCC)CCN(CC(=O)OC(C)(C)C)CC2)cc1. The number of carbonyl (C=O) groups is 4. The maximum Gasteiger partial charge on any atom is 0.323 e. The molecular weight excluding hydrogens is 708 g/mol. The van der Waals surface area contributed by atoms with Gasteiger partial charge in [-0.15, -0.1) is 0 Å². The molecule has 0 saturated carbocycles. The number of hydrogen-bond donors (Lipinski definition) is 0. The Hall–Kier alpha value is -3.30. The molecule has 0 bridgehead atoms. The summed E-state index contributed by atoms with van der Waals surface area (Å²) in [5, 5.41) is 0. The van der Waals surface area contributed by atoms with Gasteiger partial charge in [0.05, 0.1) is 32.9 Å². The van der Waals surface area contributed by atoms with Crippen molar-refractivity contribution in [3.63, 3.8) is 0 Å². The molecule has 1 aliphatic rings. The van der Waals surface area contributed by atoms with Gasteiger partial charge in [0.1, 0.15) is 35.6 Å². The number of esters is 4. The topological polar surface area (TPSA) is 137 Å². The fraction of sp³-hybridized carbons (Fsp3) is 0.756. The largest absolute Gasteiger partial charge is 0.491 e. The molecule has 314 valence electrons. The van der Waals surface area contributed by atoms with Gasteiger partial charge >= 0.3 is 23.9 Å². The van der Waals surface area contributed by atoms with Crippen molar-refractivity contribution in [1.29, 1.82) is 0 Å². The van der Waals surface area contributed by atoms with Crippen LogP contribution < -0.4 is 4.74 Å². The van der Waals surface area contributed by atoms with E-state index >= 15 is 0 Å². The molecular formula is C41H70N4O10. The molecule has 0 spiro atoms. The molecule has 1 heterocycles. The van der Waals surface area contributed by atoms with Crippen molar-refractivity contribution in [2.75, 3.05) is 98.5 Å². The van der Waals surface area contributed by atoms with E-state index in [9.17, 15) is 19.2 Å². The first-order valence-corrected chi connectivity index (χ1v) is 20.0. The van der Waals surface area contributed by atoms with Crippen LogP contribution in [0.25, 0.3) is 0 Å². The lowest BCUT2D eigenvalue weighted by molar-refractivity contribution is -0.157. The zero-order chi connectivity index (χ0) is 41.0. The highest BCUT2D eigenvalue weighted by atomic mass is 16.6. The molecule has 14 heteroatoms. The van der Waals surface area contributed by atoms with Crippen LogP contribution in [0.1, 0.15) is 81.2 Å². The lowest BCUT2D eigenvalue weighted by atomic mass is 10.0. The number of ether oxygens (including phenoxy) is 6. The highest BCUT2D eigenvalue weighted by molar-refractivity contribution is 5.76. The summed E-state index contributed by atoms with van der Waals surface area (Å²) in [5.41, 5.74) is -0.386. The Balaban J connectivity index is 2.50. The van der Waals surface area contributed by atoms with Crippen LogP contribution in [0.4, 0.5) is 0 Å². The lowest BCUT2D eigenvalue weighted by Gasteiger charge is -2.38. The number of benzene rings is 1. The van der Waals surface area contributed by atoms with Crippen molar-refractivity contribution >= 4 is 23.9 Å². The monoisotopic (exact) mass is 779 g/mol. The van der Waals surface area contributed by atoms with Crippen molar-refractivity contribution in [2.45, 2.75) is 105 Å². The fourth-order valence-corrected chi connectivity index (χ4v) is 6.30. The van der Waals surface area contributed by atoms with Gasteiger partial charge in [-0.1, -0.05) is 19.1 Å². The summed E-state index contributed by atoms with van der Waals surface area (Å²) in [7, 11) is 0. The zero-order valence-corrected chi connectivity index (χ0v) is 35.4. The van der Waals surface area contributed by atoms with E-state index in [1.165, 1.54) is 0 Å². The average molecular weight is 779 g/mol. The van der Waals surface area contributed by atoms with Crippen LogP contribution in [0.5, 0.6) is 5.75 Å². The van der Waals surface area contributed by atoms with E-state index < -0.39 is 23.3 Å². The standard InChI is InChI=1S/C41H70N4O10/c1-11-34(38(48)51-13-3)44-23-19-42(30-36(46)54-40(5,6)7)21-25-45(26-22-43(20-24-44)31-37(47)55-41(8,9)10)35(39(49)52-14-4)29-32-15-17-33(18-16-32)53-28-27-50-12-2/h15-18,34-35H,11-14,19-31H2,1-10H3/t34-,35+/m1/s1. The van der Waals surface area contributed by atoms with Crippen molar-refractivity contribution in [2.24, 2.45) is 0 Å². The van der Waals surface area contributed by atoms with Gasteiger partial charge in [-0.05, 0) is 92.9 Å². The van der Waals surface area contributed by atoms with Gasteiger partial charge in [0, 0.05) is 59.0 Å². The number of carbonyl (C=O) groups excluding carboxylic acids is 4. The lowest BCUT2D eigenvalue weighted by Crippen LogP contribution is -2.54. The minimum atomic E-state index is -0.657. The van der Waals surface area contributed by atoms with Crippen molar-refractivity contribution in [1.82, 2.24) is 19.6 Å². The third-order valence-electron chi connectivity index (χ3n) is 8.80. The number of nitrogens with zero attached hydrogens (tertiary/aromatic N) is 4. The second-order valence-electron chi connectivity index (χ2n) is 15.6.